The van der Waals surface area contributed by atoms with Crippen LogP contribution in [0.2, 0.25) is 0 Å². The number of hydrogen-bond acceptors (Lipinski definition) is 4. The molecular formula is C17H20F3N3O. The lowest BCUT2D eigenvalue weighted by Crippen LogP contribution is -2.38. The zero-order valence-electron chi connectivity index (χ0n) is 13.3. The highest BCUT2D eigenvalue weighted by molar-refractivity contribution is 5.55. The molecular weight excluding hydrogens is 319 g/mol. The van der Waals surface area contributed by atoms with Crippen LogP contribution in [0.1, 0.15) is 5.56 Å². The minimum atomic E-state index is -4.37. The molecule has 0 radical (unpaired) electrons. The third-order valence-corrected chi connectivity index (χ3v) is 3.67. The zero-order chi connectivity index (χ0) is 17.6. The van der Waals surface area contributed by atoms with Crippen molar-refractivity contribution < 1.29 is 18.3 Å². The van der Waals surface area contributed by atoms with E-state index in [1.54, 1.807) is 43.4 Å². The summed E-state index contributed by atoms with van der Waals surface area (Å²) in [5.74, 6) is 0. The van der Waals surface area contributed by atoms with Crippen molar-refractivity contribution in [2.45, 2.75) is 18.6 Å². The van der Waals surface area contributed by atoms with Gasteiger partial charge < -0.3 is 15.3 Å². The number of nitrogens with one attached hydrogen (secondary N) is 1. The number of alkyl halides is 3. The molecule has 1 unspecified atom stereocenters. The van der Waals surface area contributed by atoms with Gasteiger partial charge in [0.25, 0.3) is 0 Å². The summed E-state index contributed by atoms with van der Waals surface area (Å²) in [7, 11) is 1.81. The third-order valence-electron chi connectivity index (χ3n) is 3.67. The van der Waals surface area contributed by atoms with E-state index >= 15 is 0 Å². The number of hydrogen-bond donors (Lipinski definition) is 2. The van der Waals surface area contributed by atoms with Crippen LogP contribution in [0.3, 0.4) is 0 Å². The van der Waals surface area contributed by atoms with Gasteiger partial charge in [-0.1, -0.05) is 0 Å². The van der Waals surface area contributed by atoms with Gasteiger partial charge in [-0.05, 0) is 42.0 Å². The van der Waals surface area contributed by atoms with Crippen LogP contribution in [0.5, 0.6) is 0 Å². The molecule has 24 heavy (non-hydrogen) atoms. The lowest BCUT2D eigenvalue weighted by Gasteiger charge is -2.23. The summed E-state index contributed by atoms with van der Waals surface area (Å²) >= 11 is 0. The number of nitrogens with zero attached hydrogens (tertiary/aromatic N) is 2. The SMILES string of the molecule is CN(CCO)c1ccc(NC(Cc2ccncc2)C(F)(F)F)cc1. The summed E-state index contributed by atoms with van der Waals surface area (Å²) in [5.41, 5.74) is 1.79. The fourth-order valence-corrected chi connectivity index (χ4v) is 2.30. The molecule has 1 heterocycles. The van der Waals surface area contributed by atoms with Gasteiger partial charge in [0.2, 0.25) is 0 Å². The van der Waals surface area contributed by atoms with E-state index in [1.807, 2.05) is 4.90 Å². The Morgan fingerprint density at radius 2 is 1.75 bits per heavy atom. The quantitative estimate of drug-likeness (QED) is 0.814. The van der Waals surface area contributed by atoms with Gasteiger partial charge in [0.15, 0.2) is 0 Å². The van der Waals surface area contributed by atoms with Crippen molar-refractivity contribution in [2.24, 2.45) is 0 Å². The molecule has 1 aromatic heterocycles. The Bertz CT molecular complexity index is 617. The van der Waals surface area contributed by atoms with Crippen molar-refractivity contribution in [2.75, 3.05) is 30.4 Å². The predicted octanol–water partition coefficient (Wildman–Crippen LogP) is 3.10. The van der Waals surface area contributed by atoms with Crippen LogP contribution in [0.4, 0.5) is 24.5 Å². The maximum atomic E-state index is 13.3. The van der Waals surface area contributed by atoms with Crippen LogP contribution >= 0.6 is 0 Å². The monoisotopic (exact) mass is 339 g/mol. The number of anilines is 2. The molecule has 1 atom stereocenters. The van der Waals surface area contributed by atoms with E-state index in [2.05, 4.69) is 10.3 Å². The Balaban J connectivity index is 2.09. The lowest BCUT2D eigenvalue weighted by atomic mass is 10.1. The topological polar surface area (TPSA) is 48.4 Å². The van der Waals surface area contributed by atoms with Crippen molar-refractivity contribution in [1.82, 2.24) is 4.98 Å². The molecule has 0 aliphatic heterocycles. The van der Waals surface area contributed by atoms with Crippen LogP contribution in [-0.2, 0) is 6.42 Å². The molecule has 0 aliphatic carbocycles. The second-order valence-electron chi connectivity index (χ2n) is 5.49. The fraction of sp³-hybridized carbons (Fsp3) is 0.353. The van der Waals surface area contributed by atoms with E-state index in [-0.39, 0.29) is 13.0 Å². The van der Waals surface area contributed by atoms with Crippen LogP contribution in [0, 0.1) is 0 Å². The lowest BCUT2D eigenvalue weighted by molar-refractivity contribution is -0.142. The summed E-state index contributed by atoms with van der Waals surface area (Å²) < 4.78 is 39.9. The van der Waals surface area contributed by atoms with E-state index in [1.165, 1.54) is 12.4 Å². The number of benzene rings is 1. The molecule has 0 fully saturated rings. The molecule has 1 aromatic carbocycles. The van der Waals surface area contributed by atoms with E-state index in [9.17, 15) is 13.2 Å². The highest BCUT2D eigenvalue weighted by atomic mass is 19.4. The van der Waals surface area contributed by atoms with Crippen LogP contribution in [0.15, 0.2) is 48.8 Å². The number of aliphatic hydroxyl groups excluding tert-OH is 1. The van der Waals surface area contributed by atoms with E-state index in [0.29, 0.717) is 17.8 Å². The highest BCUT2D eigenvalue weighted by Crippen LogP contribution is 2.27. The minimum absolute atomic E-state index is 0.0125. The van der Waals surface area contributed by atoms with Crippen molar-refractivity contribution in [3.8, 4) is 0 Å². The Hall–Kier alpha value is -2.28. The maximum absolute atomic E-state index is 13.3. The molecule has 0 spiro atoms. The number of aliphatic hydroxyl groups is 1. The predicted molar refractivity (Wildman–Crippen MR) is 88.2 cm³/mol. The first-order valence-corrected chi connectivity index (χ1v) is 7.54. The molecule has 2 N–H and O–H groups in total. The molecule has 0 saturated heterocycles. The highest BCUT2D eigenvalue weighted by Gasteiger charge is 2.39. The van der Waals surface area contributed by atoms with Crippen LogP contribution < -0.4 is 10.2 Å². The largest absolute Gasteiger partial charge is 0.408 e. The summed E-state index contributed by atoms with van der Waals surface area (Å²) in [6.07, 6.45) is -1.57. The maximum Gasteiger partial charge on any atom is 0.408 e. The Morgan fingerprint density at radius 3 is 2.29 bits per heavy atom. The Morgan fingerprint density at radius 1 is 1.12 bits per heavy atom. The van der Waals surface area contributed by atoms with E-state index in [4.69, 9.17) is 5.11 Å². The van der Waals surface area contributed by atoms with Crippen molar-refractivity contribution in [3.05, 3.63) is 54.4 Å². The Labute approximate surface area is 138 Å². The second kappa shape index (κ2) is 8.01. The smallest absolute Gasteiger partial charge is 0.395 e. The van der Waals surface area contributed by atoms with Crippen LogP contribution in [-0.4, -0.2) is 42.5 Å². The summed E-state index contributed by atoms with van der Waals surface area (Å²) in [5, 5.41) is 11.5. The average molecular weight is 339 g/mol. The van der Waals surface area contributed by atoms with Crippen molar-refractivity contribution in [3.63, 3.8) is 0 Å². The fourth-order valence-electron chi connectivity index (χ4n) is 2.30. The number of halogens is 3. The molecule has 0 amide bonds. The zero-order valence-corrected chi connectivity index (χ0v) is 13.3. The minimum Gasteiger partial charge on any atom is -0.395 e. The number of pyridine rings is 1. The van der Waals surface area contributed by atoms with Crippen molar-refractivity contribution in [1.29, 1.82) is 0 Å². The van der Waals surface area contributed by atoms with Gasteiger partial charge in [0.05, 0.1) is 6.61 Å². The average Bonchev–Trinajstić information content (AvgIpc) is 2.55. The summed E-state index contributed by atoms with van der Waals surface area (Å²) in [4.78, 5) is 5.64. The van der Waals surface area contributed by atoms with Gasteiger partial charge in [0.1, 0.15) is 6.04 Å². The molecule has 2 aromatic rings. The van der Waals surface area contributed by atoms with Crippen molar-refractivity contribution >= 4 is 11.4 Å². The van der Waals surface area contributed by atoms with Gasteiger partial charge in [-0.2, -0.15) is 13.2 Å². The standard InChI is InChI=1S/C17H20F3N3O/c1-23(10-11-24)15-4-2-14(3-5-15)22-16(17(18,19)20)12-13-6-8-21-9-7-13/h2-9,16,22,24H,10-12H2,1H3. The third kappa shape index (κ3) is 5.13. The molecule has 4 nitrogen and oxygen atoms in total. The van der Waals surface area contributed by atoms with Gasteiger partial charge >= 0.3 is 6.18 Å². The normalized spacial score (nSPS) is 12.7. The van der Waals surface area contributed by atoms with Gasteiger partial charge in [-0.3, -0.25) is 4.98 Å². The number of aromatic nitrogens is 1. The molecule has 7 heteroatoms. The van der Waals surface area contributed by atoms with Crippen LogP contribution in [0.25, 0.3) is 0 Å². The first kappa shape index (κ1) is 18.1. The molecule has 0 bridgehead atoms. The molecule has 130 valence electrons. The van der Waals surface area contributed by atoms with E-state index < -0.39 is 12.2 Å². The second-order valence-corrected chi connectivity index (χ2v) is 5.49. The summed E-state index contributed by atoms with van der Waals surface area (Å²) in [6, 6.07) is 8.13. The number of likely N-dealkylation sites (N-methyl/N-ethyl adjacent to an activating group) is 1. The van der Waals surface area contributed by atoms with E-state index in [0.717, 1.165) is 5.69 Å². The van der Waals surface area contributed by atoms with Gasteiger partial charge in [-0.25, -0.2) is 0 Å². The van der Waals surface area contributed by atoms with Gasteiger partial charge in [-0.15, -0.1) is 0 Å². The Kier molecular flexibility index (Phi) is 6.03. The molecule has 0 saturated carbocycles. The molecule has 0 aliphatic rings. The number of rotatable bonds is 7. The van der Waals surface area contributed by atoms with Gasteiger partial charge in [0, 0.05) is 43.8 Å². The summed E-state index contributed by atoms with van der Waals surface area (Å²) in [6.45, 7) is 0.471. The molecule has 2 rings (SSSR count). The first-order valence-electron chi connectivity index (χ1n) is 7.54. The first-order chi connectivity index (χ1) is 11.4.